The Labute approximate surface area is 149 Å². The van der Waals surface area contributed by atoms with Crippen LogP contribution in [0, 0.1) is 0 Å². The van der Waals surface area contributed by atoms with Crippen LogP contribution in [0.3, 0.4) is 0 Å². The summed E-state index contributed by atoms with van der Waals surface area (Å²) in [5.41, 5.74) is 0.579. The van der Waals surface area contributed by atoms with E-state index >= 15 is 0 Å². The quantitative estimate of drug-likeness (QED) is 0.873. The molecule has 0 spiro atoms. The van der Waals surface area contributed by atoms with Crippen molar-refractivity contribution in [2.45, 2.75) is 19.5 Å². The normalized spacial score (nSPS) is 11.1. The van der Waals surface area contributed by atoms with Crippen LogP contribution in [0.5, 0.6) is 0 Å². The van der Waals surface area contributed by atoms with Crippen molar-refractivity contribution in [3.8, 4) is 0 Å². The SMILES string of the molecule is CCc1ccccc1NC(=O)CN(C)C(=O)c1cccc(C(F)(F)F)c1. The highest BCUT2D eigenvalue weighted by Gasteiger charge is 2.31. The number of benzene rings is 2. The van der Waals surface area contributed by atoms with Gasteiger partial charge in [0.25, 0.3) is 5.91 Å². The first-order chi connectivity index (χ1) is 12.2. The minimum Gasteiger partial charge on any atom is -0.332 e. The molecule has 2 aromatic carbocycles. The number of carbonyl (C=O) groups is 2. The maximum absolute atomic E-state index is 12.8. The summed E-state index contributed by atoms with van der Waals surface area (Å²) in [6.45, 7) is 1.68. The molecule has 0 aliphatic heterocycles. The molecule has 0 atom stereocenters. The number of carbonyl (C=O) groups excluding carboxylic acids is 2. The third-order valence-corrected chi connectivity index (χ3v) is 3.84. The molecule has 26 heavy (non-hydrogen) atoms. The smallest absolute Gasteiger partial charge is 0.332 e. The van der Waals surface area contributed by atoms with Gasteiger partial charge in [-0.25, -0.2) is 0 Å². The number of amides is 2. The zero-order valence-electron chi connectivity index (χ0n) is 14.4. The molecule has 7 heteroatoms. The van der Waals surface area contributed by atoms with E-state index in [9.17, 15) is 22.8 Å². The monoisotopic (exact) mass is 364 g/mol. The molecule has 0 aliphatic carbocycles. The second-order valence-corrected chi connectivity index (χ2v) is 5.80. The van der Waals surface area contributed by atoms with Gasteiger partial charge in [-0.1, -0.05) is 31.2 Å². The van der Waals surface area contributed by atoms with Gasteiger partial charge in [-0.2, -0.15) is 13.2 Å². The van der Waals surface area contributed by atoms with Gasteiger partial charge >= 0.3 is 6.18 Å². The minimum absolute atomic E-state index is 0.121. The summed E-state index contributed by atoms with van der Waals surface area (Å²) in [6.07, 6.45) is -3.80. The first-order valence-corrected chi connectivity index (χ1v) is 8.03. The Morgan fingerprint density at radius 1 is 1.08 bits per heavy atom. The van der Waals surface area contributed by atoms with Crippen molar-refractivity contribution < 1.29 is 22.8 Å². The fourth-order valence-electron chi connectivity index (χ4n) is 2.48. The van der Waals surface area contributed by atoms with Gasteiger partial charge in [0, 0.05) is 18.3 Å². The van der Waals surface area contributed by atoms with Gasteiger partial charge < -0.3 is 10.2 Å². The molecule has 2 amide bonds. The molecule has 0 bridgehead atoms. The number of rotatable bonds is 5. The Kier molecular flexibility index (Phi) is 6.02. The molecule has 2 rings (SSSR count). The zero-order valence-corrected chi connectivity index (χ0v) is 14.4. The number of anilines is 1. The van der Waals surface area contributed by atoms with Gasteiger partial charge in [-0.3, -0.25) is 9.59 Å². The van der Waals surface area contributed by atoms with Crippen LogP contribution in [0.1, 0.15) is 28.4 Å². The molecule has 0 aromatic heterocycles. The van der Waals surface area contributed by atoms with Crippen LogP contribution >= 0.6 is 0 Å². The summed E-state index contributed by atoms with van der Waals surface area (Å²) in [5.74, 6) is -1.08. The average Bonchev–Trinajstić information content (AvgIpc) is 2.60. The zero-order chi connectivity index (χ0) is 19.3. The fraction of sp³-hybridized carbons (Fsp3) is 0.263. The highest BCUT2D eigenvalue weighted by molar-refractivity contribution is 5.99. The van der Waals surface area contributed by atoms with Crippen molar-refractivity contribution in [1.29, 1.82) is 0 Å². The second-order valence-electron chi connectivity index (χ2n) is 5.80. The molecule has 0 aliphatic rings. The number of hydrogen-bond donors (Lipinski definition) is 1. The van der Waals surface area contributed by atoms with E-state index in [0.717, 1.165) is 29.0 Å². The molecule has 1 N–H and O–H groups in total. The van der Waals surface area contributed by atoms with Gasteiger partial charge in [0.1, 0.15) is 0 Å². The van der Waals surface area contributed by atoms with Crippen LogP contribution in [-0.2, 0) is 17.4 Å². The first kappa shape index (κ1) is 19.5. The van der Waals surface area contributed by atoms with Crippen LogP contribution < -0.4 is 5.32 Å². The van der Waals surface area contributed by atoms with Gasteiger partial charge in [0.15, 0.2) is 0 Å². The summed E-state index contributed by atoms with van der Waals surface area (Å²) >= 11 is 0. The number of alkyl halides is 3. The third-order valence-electron chi connectivity index (χ3n) is 3.84. The van der Waals surface area contributed by atoms with Crippen LogP contribution in [0.4, 0.5) is 18.9 Å². The molecule has 4 nitrogen and oxygen atoms in total. The molecule has 0 radical (unpaired) electrons. The van der Waals surface area contributed by atoms with Crippen molar-refractivity contribution in [1.82, 2.24) is 4.90 Å². The Hall–Kier alpha value is -2.83. The standard InChI is InChI=1S/C19H19F3N2O2/c1-3-13-7-4-5-10-16(13)23-17(25)12-24(2)18(26)14-8-6-9-15(11-14)19(20,21)22/h4-11H,3,12H2,1-2H3,(H,23,25). The largest absolute Gasteiger partial charge is 0.416 e. The molecule has 2 aromatic rings. The number of aryl methyl sites for hydroxylation is 1. The minimum atomic E-state index is -4.53. The Morgan fingerprint density at radius 2 is 1.77 bits per heavy atom. The van der Waals surface area contributed by atoms with E-state index in [-0.39, 0.29) is 12.1 Å². The third kappa shape index (κ3) is 4.84. The van der Waals surface area contributed by atoms with Crippen LogP contribution in [0.25, 0.3) is 0 Å². The molecule has 0 heterocycles. The fourth-order valence-corrected chi connectivity index (χ4v) is 2.48. The lowest BCUT2D eigenvalue weighted by molar-refractivity contribution is -0.137. The van der Waals surface area contributed by atoms with E-state index < -0.39 is 23.6 Å². The van der Waals surface area contributed by atoms with E-state index in [2.05, 4.69) is 5.32 Å². The van der Waals surface area contributed by atoms with E-state index in [0.29, 0.717) is 5.69 Å². The molecule has 0 saturated carbocycles. The molecular formula is C19H19F3N2O2. The molecular weight excluding hydrogens is 345 g/mol. The highest BCUT2D eigenvalue weighted by Crippen LogP contribution is 2.29. The number of hydrogen-bond acceptors (Lipinski definition) is 2. The molecule has 0 fully saturated rings. The lowest BCUT2D eigenvalue weighted by Crippen LogP contribution is -2.35. The summed E-state index contributed by atoms with van der Waals surface area (Å²) in [7, 11) is 1.37. The number of nitrogens with zero attached hydrogens (tertiary/aromatic N) is 1. The van der Waals surface area contributed by atoms with Crippen LogP contribution in [0.15, 0.2) is 48.5 Å². The predicted octanol–water partition coefficient (Wildman–Crippen LogP) is 3.98. The number of likely N-dealkylation sites (N-methyl/N-ethyl adjacent to an activating group) is 1. The van der Waals surface area contributed by atoms with Gasteiger partial charge in [0.05, 0.1) is 12.1 Å². The topological polar surface area (TPSA) is 49.4 Å². The first-order valence-electron chi connectivity index (χ1n) is 8.03. The number of para-hydroxylation sites is 1. The lowest BCUT2D eigenvalue weighted by Gasteiger charge is -2.18. The molecule has 0 unspecified atom stereocenters. The van der Waals surface area contributed by atoms with E-state index in [1.807, 2.05) is 19.1 Å². The van der Waals surface area contributed by atoms with Gasteiger partial charge in [0.2, 0.25) is 5.91 Å². The summed E-state index contributed by atoms with van der Waals surface area (Å²) < 4.78 is 38.3. The summed E-state index contributed by atoms with van der Waals surface area (Å²) in [5, 5.41) is 2.72. The molecule has 0 saturated heterocycles. The maximum atomic E-state index is 12.8. The van der Waals surface area contributed by atoms with Crippen molar-refractivity contribution in [2.75, 3.05) is 18.9 Å². The van der Waals surface area contributed by atoms with Crippen molar-refractivity contribution in [2.24, 2.45) is 0 Å². The van der Waals surface area contributed by atoms with Crippen LogP contribution in [0.2, 0.25) is 0 Å². The van der Waals surface area contributed by atoms with Crippen molar-refractivity contribution >= 4 is 17.5 Å². The predicted molar refractivity (Wildman–Crippen MR) is 92.9 cm³/mol. The van der Waals surface area contributed by atoms with Crippen molar-refractivity contribution in [3.63, 3.8) is 0 Å². The van der Waals surface area contributed by atoms with Gasteiger partial charge in [-0.15, -0.1) is 0 Å². The average molecular weight is 364 g/mol. The van der Waals surface area contributed by atoms with E-state index in [1.165, 1.54) is 19.2 Å². The van der Waals surface area contributed by atoms with E-state index in [1.54, 1.807) is 12.1 Å². The Balaban J connectivity index is 2.06. The lowest BCUT2D eigenvalue weighted by atomic mass is 10.1. The summed E-state index contributed by atoms with van der Waals surface area (Å²) in [4.78, 5) is 25.6. The number of halogens is 3. The van der Waals surface area contributed by atoms with E-state index in [4.69, 9.17) is 0 Å². The highest BCUT2D eigenvalue weighted by atomic mass is 19.4. The van der Waals surface area contributed by atoms with Crippen LogP contribution in [-0.4, -0.2) is 30.3 Å². The maximum Gasteiger partial charge on any atom is 0.416 e. The van der Waals surface area contributed by atoms with Gasteiger partial charge in [-0.05, 0) is 36.2 Å². The Bertz CT molecular complexity index is 803. The summed E-state index contributed by atoms with van der Waals surface area (Å²) in [6, 6.07) is 11.4. The number of nitrogens with one attached hydrogen (secondary N) is 1. The Morgan fingerprint density at radius 3 is 2.42 bits per heavy atom. The second kappa shape index (κ2) is 8.03. The van der Waals surface area contributed by atoms with Crippen molar-refractivity contribution in [3.05, 3.63) is 65.2 Å². The molecule has 138 valence electrons.